The summed E-state index contributed by atoms with van der Waals surface area (Å²) in [7, 11) is 0. The van der Waals surface area contributed by atoms with Crippen molar-refractivity contribution in [3.05, 3.63) is 64.6 Å². The maximum absolute atomic E-state index is 6.37. The van der Waals surface area contributed by atoms with E-state index < -0.39 is 0 Å². The van der Waals surface area contributed by atoms with Crippen LogP contribution in [0.15, 0.2) is 42.1 Å². The number of anilines is 4. The van der Waals surface area contributed by atoms with Gasteiger partial charge in [-0.1, -0.05) is 23.8 Å². The molecule has 0 radical (unpaired) electrons. The summed E-state index contributed by atoms with van der Waals surface area (Å²) in [5.74, 6) is 1.44. The summed E-state index contributed by atoms with van der Waals surface area (Å²) >= 11 is 0. The van der Waals surface area contributed by atoms with Crippen molar-refractivity contribution in [2.45, 2.75) is 62.8 Å². The standard InChI is InChI=1S/C27H31N9/c28-18-3-4-21-17(12-18)13-19(15-31-21)32-26-34-25(29)36(35-26)23-14-20(24-22(33-23)2-1-11-30-24)27-8-5-16(6-9-27)7-10-27/h5-6,8,13-15,18,30H,1-4,7,9-12,28H2,(H3,29,32,34,35). The molecule has 0 spiro atoms. The van der Waals surface area contributed by atoms with Gasteiger partial charge in [0.1, 0.15) is 0 Å². The predicted molar refractivity (Wildman–Crippen MR) is 141 cm³/mol. The van der Waals surface area contributed by atoms with Crippen molar-refractivity contribution in [2.24, 2.45) is 5.73 Å². The van der Waals surface area contributed by atoms with Crippen LogP contribution in [0.5, 0.6) is 0 Å². The second-order valence-corrected chi connectivity index (χ2v) is 10.5. The van der Waals surface area contributed by atoms with Crippen molar-refractivity contribution in [1.82, 2.24) is 24.7 Å². The third-order valence-electron chi connectivity index (χ3n) is 8.11. The van der Waals surface area contributed by atoms with Crippen LogP contribution in [0.1, 0.15) is 54.6 Å². The van der Waals surface area contributed by atoms with E-state index in [0.29, 0.717) is 17.7 Å². The largest absolute Gasteiger partial charge is 0.383 e. The van der Waals surface area contributed by atoms with Gasteiger partial charge in [0.15, 0.2) is 5.82 Å². The fourth-order valence-electron chi connectivity index (χ4n) is 6.11. The van der Waals surface area contributed by atoms with Crippen molar-refractivity contribution >= 4 is 23.3 Å². The number of hydrogen-bond donors (Lipinski definition) is 4. The number of hydrogen-bond acceptors (Lipinski definition) is 8. The molecule has 6 N–H and O–H groups in total. The van der Waals surface area contributed by atoms with Gasteiger partial charge < -0.3 is 22.1 Å². The van der Waals surface area contributed by atoms with Gasteiger partial charge in [-0.3, -0.25) is 4.98 Å². The summed E-state index contributed by atoms with van der Waals surface area (Å²) in [5, 5.41) is 11.6. The van der Waals surface area contributed by atoms with E-state index >= 15 is 0 Å². The number of pyridine rings is 2. The van der Waals surface area contributed by atoms with Gasteiger partial charge in [-0.05, 0) is 74.6 Å². The van der Waals surface area contributed by atoms with E-state index in [-0.39, 0.29) is 11.5 Å². The Morgan fingerprint density at radius 3 is 2.92 bits per heavy atom. The normalized spacial score (nSPS) is 24.0. The topological polar surface area (TPSA) is 133 Å². The lowest BCUT2D eigenvalue weighted by Crippen LogP contribution is -2.32. The Morgan fingerprint density at radius 1 is 1.14 bits per heavy atom. The fraction of sp³-hybridized carbons (Fsp3) is 0.407. The number of nitrogen functional groups attached to an aromatic ring is 1. The molecule has 0 aromatic carbocycles. The van der Waals surface area contributed by atoms with Gasteiger partial charge in [0.25, 0.3) is 0 Å². The Hall–Kier alpha value is -3.72. The Kier molecular flexibility index (Phi) is 4.89. The van der Waals surface area contributed by atoms with E-state index in [1.54, 1.807) is 4.68 Å². The van der Waals surface area contributed by atoms with Crippen LogP contribution in [0.4, 0.5) is 23.3 Å². The number of aryl methyl sites for hydroxylation is 2. The van der Waals surface area contributed by atoms with Crippen molar-refractivity contribution in [3.63, 3.8) is 0 Å². The highest BCUT2D eigenvalue weighted by Crippen LogP contribution is 2.48. The highest BCUT2D eigenvalue weighted by molar-refractivity contribution is 5.65. The van der Waals surface area contributed by atoms with E-state index in [0.717, 1.165) is 75.0 Å². The minimum absolute atomic E-state index is 0.0140. The third-order valence-corrected chi connectivity index (χ3v) is 8.11. The van der Waals surface area contributed by atoms with E-state index in [1.165, 1.54) is 22.4 Å². The van der Waals surface area contributed by atoms with Crippen LogP contribution in [-0.4, -0.2) is 37.3 Å². The van der Waals surface area contributed by atoms with Crippen LogP contribution in [0, 0.1) is 0 Å². The van der Waals surface area contributed by atoms with Crippen LogP contribution < -0.4 is 22.1 Å². The first-order chi connectivity index (χ1) is 17.6. The lowest BCUT2D eigenvalue weighted by molar-refractivity contribution is 0.460. The van der Waals surface area contributed by atoms with Crippen molar-refractivity contribution in [3.8, 4) is 5.82 Å². The van der Waals surface area contributed by atoms with Crippen LogP contribution in [0.25, 0.3) is 5.82 Å². The molecule has 2 atom stereocenters. The average molecular weight is 482 g/mol. The second kappa shape index (κ2) is 8.16. The molecule has 3 aromatic heterocycles. The molecular formula is C27H31N9. The molecule has 0 amide bonds. The van der Waals surface area contributed by atoms with Gasteiger partial charge >= 0.3 is 0 Å². The molecule has 0 fully saturated rings. The minimum atomic E-state index is -0.0140. The number of allylic oxidation sites excluding steroid dienone is 4. The molecular weight excluding hydrogens is 450 g/mol. The summed E-state index contributed by atoms with van der Waals surface area (Å²) in [6.07, 6.45) is 16.9. The molecule has 0 saturated heterocycles. The Morgan fingerprint density at radius 2 is 2.08 bits per heavy atom. The number of nitrogens with two attached hydrogens (primary N) is 2. The third kappa shape index (κ3) is 3.57. The molecule has 36 heavy (non-hydrogen) atoms. The molecule has 9 nitrogen and oxygen atoms in total. The Balaban J connectivity index is 1.24. The number of aromatic nitrogens is 5. The summed E-state index contributed by atoms with van der Waals surface area (Å²) in [6, 6.07) is 4.44. The first-order valence-corrected chi connectivity index (χ1v) is 13.0. The summed E-state index contributed by atoms with van der Waals surface area (Å²) in [5.41, 5.74) is 20.7. The molecule has 4 aliphatic carbocycles. The van der Waals surface area contributed by atoms with Gasteiger partial charge in [-0.2, -0.15) is 9.67 Å². The summed E-state index contributed by atoms with van der Waals surface area (Å²) < 4.78 is 1.65. The fourth-order valence-corrected chi connectivity index (χ4v) is 6.11. The SMILES string of the molecule is Nc1nc(Nc2cnc3c(c2)CC(N)CC3)nn1-c1cc(C23C=CC(=CC2)CC3)c2c(n1)CCCN2. The van der Waals surface area contributed by atoms with Crippen LogP contribution in [0.3, 0.4) is 0 Å². The monoisotopic (exact) mass is 481 g/mol. The Bertz CT molecular complexity index is 1420. The van der Waals surface area contributed by atoms with E-state index in [1.807, 2.05) is 6.20 Å². The number of nitrogens with one attached hydrogen (secondary N) is 2. The second-order valence-electron chi connectivity index (χ2n) is 10.5. The summed E-state index contributed by atoms with van der Waals surface area (Å²) in [4.78, 5) is 14.1. The highest BCUT2D eigenvalue weighted by Gasteiger charge is 2.38. The van der Waals surface area contributed by atoms with Crippen molar-refractivity contribution < 1.29 is 0 Å². The molecule has 9 heteroatoms. The minimum Gasteiger partial charge on any atom is -0.383 e. The zero-order chi connectivity index (χ0) is 24.3. The maximum Gasteiger partial charge on any atom is 0.248 e. The lowest BCUT2D eigenvalue weighted by atomic mass is 9.65. The van der Waals surface area contributed by atoms with Crippen LogP contribution in [-0.2, 0) is 24.7 Å². The lowest BCUT2D eigenvalue weighted by Gasteiger charge is -2.40. The molecule has 0 saturated carbocycles. The number of fused-ring (bicyclic) bond motifs is 4. The predicted octanol–water partition coefficient (Wildman–Crippen LogP) is 3.48. The highest BCUT2D eigenvalue weighted by atomic mass is 15.4. The molecule has 2 bridgehead atoms. The quantitative estimate of drug-likeness (QED) is 0.445. The van der Waals surface area contributed by atoms with Gasteiger partial charge in [-0.25, -0.2) is 4.98 Å². The summed E-state index contributed by atoms with van der Waals surface area (Å²) in [6.45, 7) is 0.973. The number of rotatable bonds is 4. The van der Waals surface area contributed by atoms with Gasteiger partial charge in [0.05, 0.1) is 23.3 Å². The average Bonchev–Trinajstić information content (AvgIpc) is 3.28. The zero-order valence-corrected chi connectivity index (χ0v) is 20.3. The molecule has 1 aliphatic heterocycles. The van der Waals surface area contributed by atoms with E-state index in [4.69, 9.17) is 21.5 Å². The van der Waals surface area contributed by atoms with E-state index in [9.17, 15) is 0 Å². The molecule has 8 rings (SSSR count). The van der Waals surface area contributed by atoms with Crippen LogP contribution in [0.2, 0.25) is 0 Å². The molecule has 5 aliphatic rings. The van der Waals surface area contributed by atoms with Crippen LogP contribution >= 0.6 is 0 Å². The molecule has 3 aromatic rings. The first-order valence-electron chi connectivity index (χ1n) is 13.0. The van der Waals surface area contributed by atoms with Gasteiger partial charge in [-0.15, -0.1) is 5.10 Å². The maximum atomic E-state index is 6.37. The van der Waals surface area contributed by atoms with Crippen molar-refractivity contribution in [1.29, 1.82) is 0 Å². The first kappa shape index (κ1) is 21.6. The smallest absolute Gasteiger partial charge is 0.248 e. The number of nitrogens with zero attached hydrogens (tertiary/aromatic N) is 5. The van der Waals surface area contributed by atoms with Gasteiger partial charge in [0, 0.05) is 23.7 Å². The molecule has 2 unspecified atom stereocenters. The van der Waals surface area contributed by atoms with Gasteiger partial charge in [0.2, 0.25) is 11.9 Å². The zero-order valence-electron chi connectivity index (χ0n) is 20.3. The van der Waals surface area contributed by atoms with Crippen molar-refractivity contribution in [2.75, 3.05) is 22.9 Å². The van der Waals surface area contributed by atoms with E-state index in [2.05, 4.69) is 51.0 Å². The molecule has 4 heterocycles. The molecule has 184 valence electrons. The Labute approximate surface area is 210 Å².